The Balaban J connectivity index is 2.71. The van der Waals surface area contributed by atoms with Gasteiger partial charge in [0, 0.05) is 13.1 Å². The van der Waals surface area contributed by atoms with Gasteiger partial charge in [0.25, 0.3) is 0 Å². The molecule has 15 heavy (non-hydrogen) atoms. The molecule has 0 spiro atoms. The lowest BCUT2D eigenvalue weighted by molar-refractivity contribution is -0.153. The van der Waals surface area contributed by atoms with E-state index in [0.717, 1.165) is 0 Å². The minimum atomic E-state index is -1.22. The molecular formula is C10H15NO4. The van der Waals surface area contributed by atoms with Gasteiger partial charge in [-0.1, -0.05) is 6.08 Å². The van der Waals surface area contributed by atoms with Crippen molar-refractivity contribution in [3.63, 3.8) is 0 Å². The molecule has 1 saturated carbocycles. The van der Waals surface area contributed by atoms with E-state index in [-0.39, 0.29) is 19.7 Å². The predicted molar refractivity (Wildman–Crippen MR) is 53.2 cm³/mol. The van der Waals surface area contributed by atoms with Crippen molar-refractivity contribution in [2.45, 2.75) is 12.8 Å². The van der Waals surface area contributed by atoms with E-state index in [1.807, 2.05) is 0 Å². The lowest BCUT2D eigenvalue weighted by atomic mass is 10.1. The largest absolute Gasteiger partial charge is 0.480 e. The number of hydrogen-bond acceptors (Lipinski definition) is 3. The van der Waals surface area contributed by atoms with Crippen LogP contribution in [0.1, 0.15) is 12.8 Å². The van der Waals surface area contributed by atoms with Crippen LogP contribution in [0.4, 0.5) is 0 Å². The van der Waals surface area contributed by atoms with E-state index in [0.29, 0.717) is 12.8 Å². The van der Waals surface area contributed by atoms with E-state index < -0.39 is 17.3 Å². The topological polar surface area (TPSA) is 77.8 Å². The van der Waals surface area contributed by atoms with E-state index in [2.05, 4.69) is 6.58 Å². The predicted octanol–water partition coefficient (Wildman–Crippen LogP) is -0.142. The van der Waals surface area contributed by atoms with Crippen molar-refractivity contribution in [1.29, 1.82) is 0 Å². The SMILES string of the molecule is C=CCN(CCO)C(=O)C1(C(=O)O)CC1. The van der Waals surface area contributed by atoms with Gasteiger partial charge < -0.3 is 15.1 Å². The van der Waals surface area contributed by atoms with Gasteiger partial charge in [0.2, 0.25) is 5.91 Å². The highest BCUT2D eigenvalue weighted by atomic mass is 16.4. The number of hydrogen-bond donors (Lipinski definition) is 2. The van der Waals surface area contributed by atoms with E-state index in [9.17, 15) is 9.59 Å². The smallest absolute Gasteiger partial charge is 0.319 e. The summed E-state index contributed by atoms with van der Waals surface area (Å²) < 4.78 is 0. The molecule has 5 nitrogen and oxygen atoms in total. The summed E-state index contributed by atoms with van der Waals surface area (Å²) in [5.74, 6) is -1.48. The molecule has 0 aliphatic heterocycles. The van der Waals surface area contributed by atoms with Gasteiger partial charge in [-0.3, -0.25) is 9.59 Å². The summed E-state index contributed by atoms with van der Waals surface area (Å²) in [6, 6.07) is 0. The van der Waals surface area contributed by atoms with E-state index >= 15 is 0 Å². The molecule has 84 valence electrons. The molecule has 2 N–H and O–H groups in total. The van der Waals surface area contributed by atoms with Crippen molar-refractivity contribution in [2.24, 2.45) is 5.41 Å². The van der Waals surface area contributed by atoms with Gasteiger partial charge in [0.1, 0.15) is 5.41 Å². The molecule has 5 heteroatoms. The molecule has 0 unspecified atom stereocenters. The van der Waals surface area contributed by atoms with Crippen LogP contribution in [0.3, 0.4) is 0 Å². The Labute approximate surface area is 88.0 Å². The van der Waals surface area contributed by atoms with Crippen molar-refractivity contribution in [3.05, 3.63) is 12.7 Å². The number of aliphatic carboxylic acids is 1. The highest BCUT2D eigenvalue weighted by molar-refractivity contribution is 6.04. The average molecular weight is 213 g/mol. The van der Waals surface area contributed by atoms with Crippen LogP contribution < -0.4 is 0 Å². The number of amides is 1. The fourth-order valence-electron chi connectivity index (χ4n) is 1.50. The number of rotatable bonds is 6. The minimum Gasteiger partial charge on any atom is -0.480 e. The number of carbonyl (C=O) groups excluding carboxylic acids is 1. The summed E-state index contributed by atoms with van der Waals surface area (Å²) in [7, 11) is 0. The molecule has 0 atom stereocenters. The molecule has 0 aromatic rings. The molecular weight excluding hydrogens is 198 g/mol. The third-order valence-corrected chi connectivity index (χ3v) is 2.58. The minimum absolute atomic E-state index is 0.153. The molecule has 0 aromatic heterocycles. The van der Waals surface area contributed by atoms with Crippen molar-refractivity contribution in [3.8, 4) is 0 Å². The fraction of sp³-hybridized carbons (Fsp3) is 0.600. The zero-order chi connectivity index (χ0) is 11.5. The third kappa shape index (κ3) is 2.18. The fourth-order valence-corrected chi connectivity index (χ4v) is 1.50. The van der Waals surface area contributed by atoms with Gasteiger partial charge >= 0.3 is 5.97 Å². The number of carbonyl (C=O) groups is 2. The first-order chi connectivity index (χ1) is 7.08. The molecule has 1 amide bonds. The van der Waals surface area contributed by atoms with Crippen LogP contribution in [-0.4, -0.2) is 46.7 Å². The van der Waals surface area contributed by atoms with Crippen LogP contribution in [0.2, 0.25) is 0 Å². The third-order valence-electron chi connectivity index (χ3n) is 2.58. The Morgan fingerprint density at radius 1 is 1.47 bits per heavy atom. The number of aliphatic hydroxyl groups excluding tert-OH is 1. The van der Waals surface area contributed by atoms with Crippen molar-refractivity contribution in [2.75, 3.05) is 19.7 Å². The number of aliphatic hydroxyl groups is 1. The molecule has 0 radical (unpaired) electrons. The molecule has 0 bridgehead atoms. The van der Waals surface area contributed by atoms with Crippen LogP contribution in [0, 0.1) is 5.41 Å². The first-order valence-corrected chi connectivity index (χ1v) is 4.83. The maximum Gasteiger partial charge on any atom is 0.319 e. The molecule has 0 aromatic carbocycles. The Morgan fingerprint density at radius 3 is 2.40 bits per heavy atom. The summed E-state index contributed by atoms with van der Waals surface area (Å²) in [5.41, 5.74) is -1.22. The molecule has 1 rings (SSSR count). The lowest BCUT2D eigenvalue weighted by Gasteiger charge is -2.23. The van der Waals surface area contributed by atoms with Gasteiger partial charge in [-0.15, -0.1) is 6.58 Å². The van der Waals surface area contributed by atoms with Gasteiger partial charge in [-0.05, 0) is 12.8 Å². The monoisotopic (exact) mass is 213 g/mol. The highest BCUT2D eigenvalue weighted by Crippen LogP contribution is 2.47. The molecule has 1 aliphatic carbocycles. The zero-order valence-corrected chi connectivity index (χ0v) is 8.48. The summed E-state index contributed by atoms with van der Waals surface area (Å²) in [5, 5.41) is 17.7. The Kier molecular flexibility index (Phi) is 3.47. The van der Waals surface area contributed by atoms with Gasteiger partial charge in [0.15, 0.2) is 0 Å². The second-order valence-electron chi connectivity index (χ2n) is 3.65. The average Bonchev–Trinajstić information content (AvgIpc) is 2.97. The van der Waals surface area contributed by atoms with Crippen molar-refractivity contribution >= 4 is 11.9 Å². The van der Waals surface area contributed by atoms with Crippen LogP contribution >= 0.6 is 0 Å². The Morgan fingerprint density at radius 2 is 2.07 bits per heavy atom. The Bertz CT molecular complexity index is 283. The summed E-state index contributed by atoms with van der Waals surface area (Å²) >= 11 is 0. The van der Waals surface area contributed by atoms with Crippen LogP contribution in [0.5, 0.6) is 0 Å². The Hall–Kier alpha value is -1.36. The highest BCUT2D eigenvalue weighted by Gasteiger charge is 2.58. The van der Waals surface area contributed by atoms with Crippen LogP contribution in [-0.2, 0) is 9.59 Å². The molecule has 0 heterocycles. The summed E-state index contributed by atoms with van der Waals surface area (Å²) in [4.78, 5) is 24.1. The van der Waals surface area contributed by atoms with Crippen molar-refractivity contribution < 1.29 is 19.8 Å². The normalized spacial score (nSPS) is 16.9. The van der Waals surface area contributed by atoms with E-state index in [4.69, 9.17) is 10.2 Å². The number of carboxylic acids is 1. The van der Waals surface area contributed by atoms with Crippen LogP contribution in [0.15, 0.2) is 12.7 Å². The zero-order valence-electron chi connectivity index (χ0n) is 8.48. The van der Waals surface area contributed by atoms with Gasteiger partial charge in [-0.2, -0.15) is 0 Å². The first kappa shape index (κ1) is 11.7. The number of nitrogens with zero attached hydrogens (tertiary/aromatic N) is 1. The standard InChI is InChI=1S/C10H15NO4/c1-2-5-11(6-7-12)8(13)10(3-4-10)9(14)15/h2,12H,1,3-7H2,(H,14,15). The van der Waals surface area contributed by atoms with Crippen LogP contribution in [0.25, 0.3) is 0 Å². The molecule has 0 saturated heterocycles. The molecule has 1 fully saturated rings. The van der Waals surface area contributed by atoms with Crippen molar-refractivity contribution in [1.82, 2.24) is 4.90 Å². The summed E-state index contributed by atoms with van der Waals surface area (Å²) in [6.45, 7) is 3.74. The lowest BCUT2D eigenvalue weighted by Crippen LogP contribution is -2.42. The maximum absolute atomic E-state index is 11.8. The molecule has 1 aliphatic rings. The van der Waals surface area contributed by atoms with E-state index in [1.165, 1.54) is 11.0 Å². The van der Waals surface area contributed by atoms with Gasteiger partial charge in [0.05, 0.1) is 6.61 Å². The summed E-state index contributed by atoms with van der Waals surface area (Å²) in [6.07, 6.45) is 2.30. The second kappa shape index (κ2) is 4.44. The first-order valence-electron chi connectivity index (χ1n) is 4.83. The van der Waals surface area contributed by atoms with E-state index in [1.54, 1.807) is 0 Å². The van der Waals surface area contributed by atoms with Gasteiger partial charge in [-0.25, -0.2) is 0 Å². The maximum atomic E-state index is 11.8. The quantitative estimate of drug-likeness (QED) is 0.475. The number of carboxylic acid groups (broad SMARTS) is 1. The second-order valence-corrected chi connectivity index (χ2v) is 3.65.